The number of phosphoric acid groups is 3. The Hall–Kier alpha value is -1.73. The molecule has 3 fully saturated rings. The van der Waals surface area contributed by atoms with Gasteiger partial charge in [-0.2, -0.15) is 25.4 Å². The number of fused-ring (bicyclic) bond motifs is 2. The molecule has 0 radical (unpaired) electrons. The van der Waals surface area contributed by atoms with Gasteiger partial charge in [-0.25, -0.2) is 23.5 Å². The van der Waals surface area contributed by atoms with Gasteiger partial charge in [-0.3, -0.25) is 23.7 Å². The summed E-state index contributed by atoms with van der Waals surface area (Å²) in [5.74, 6) is 0.679. The molecule has 0 saturated carbocycles. The van der Waals surface area contributed by atoms with E-state index in [1.807, 2.05) is 25.6 Å². The van der Waals surface area contributed by atoms with E-state index in [2.05, 4.69) is 39.5 Å². The normalized spacial score (nSPS) is 26.6. The molecule has 10 N–H and O–H groups in total. The van der Waals surface area contributed by atoms with E-state index in [0.29, 0.717) is 18.2 Å². The predicted octanol–water partition coefficient (Wildman–Crippen LogP) is 1.68. The van der Waals surface area contributed by atoms with Gasteiger partial charge in [0.1, 0.15) is 18.3 Å². The Morgan fingerprint density at radius 3 is 2.67 bits per heavy atom. The van der Waals surface area contributed by atoms with Crippen LogP contribution in [0.25, 0.3) is 11.2 Å². The number of carbonyl (C=O) groups is 2. The minimum atomic E-state index is -5.75. The van der Waals surface area contributed by atoms with Gasteiger partial charge in [0.15, 0.2) is 11.2 Å². The van der Waals surface area contributed by atoms with Crippen LogP contribution in [0, 0.1) is 0 Å². The monoisotopic (exact) mass is 882 g/mol. The minimum Gasteiger partial charge on any atom is -0.369 e. The van der Waals surface area contributed by atoms with Crippen LogP contribution < -0.4 is 27.2 Å². The number of nitrogens with one attached hydrogen (secondary N) is 4. The van der Waals surface area contributed by atoms with Gasteiger partial charge < -0.3 is 50.7 Å². The number of phosphoric ester groups is 1. The molecular weight excluding hydrogens is 841 g/mol. The highest BCUT2D eigenvalue weighted by Crippen LogP contribution is 2.66. The lowest BCUT2D eigenvalue weighted by Gasteiger charge is -2.24. The third-order valence-electron chi connectivity index (χ3n) is 8.17. The number of H-pyrrole nitrogens is 1. The van der Waals surface area contributed by atoms with Gasteiger partial charge >= 0.3 is 29.5 Å². The van der Waals surface area contributed by atoms with Crippen LogP contribution in [0.5, 0.6) is 0 Å². The van der Waals surface area contributed by atoms with Crippen LogP contribution >= 0.6 is 56.8 Å². The summed E-state index contributed by atoms with van der Waals surface area (Å²) in [6.45, 7) is 3.46. The van der Waals surface area contributed by atoms with Crippen LogP contribution in [0.4, 0.5) is 10.7 Å². The zero-order chi connectivity index (χ0) is 39.5. The number of nitrogens with two attached hydrogens (primary N) is 1. The van der Waals surface area contributed by atoms with E-state index in [9.17, 15) is 37.9 Å². The molecule has 3 aliphatic heterocycles. The molecule has 23 nitrogen and oxygen atoms in total. The number of anilines is 1. The van der Waals surface area contributed by atoms with Crippen LogP contribution in [0.2, 0.25) is 0 Å². The van der Waals surface area contributed by atoms with E-state index < -0.39 is 58.8 Å². The van der Waals surface area contributed by atoms with E-state index in [4.69, 9.17) is 29.5 Å². The SMILES string of the molecule is CC(C)(CNC(=O)CCCCC1SCC2NC(=O)NC21)SSCO[C@@H]1C[C@H](n2cnc3c(=O)[nH]c(N)nc32)O[C@@H]1COP(=O)(O)OP(=O)(O)OP(=O)(O)O. The van der Waals surface area contributed by atoms with Crippen molar-refractivity contribution in [3.8, 4) is 0 Å². The molecular formula is C25H41N8O15P3S3. The highest BCUT2D eigenvalue weighted by molar-refractivity contribution is 8.77. The zero-order valence-corrected chi connectivity index (χ0v) is 33.8. The van der Waals surface area contributed by atoms with Crippen molar-refractivity contribution < 1.29 is 65.5 Å². The maximum Gasteiger partial charge on any atom is 0.490 e. The van der Waals surface area contributed by atoms with Crippen LogP contribution in [0.3, 0.4) is 0 Å². The number of nitrogen functional groups attached to an aromatic ring is 1. The van der Waals surface area contributed by atoms with Gasteiger partial charge in [0.25, 0.3) is 5.56 Å². The largest absolute Gasteiger partial charge is 0.490 e. The molecule has 3 aliphatic rings. The first-order valence-electron chi connectivity index (χ1n) is 16.2. The van der Waals surface area contributed by atoms with E-state index >= 15 is 0 Å². The summed E-state index contributed by atoms with van der Waals surface area (Å²) in [5.41, 5.74) is 5.13. The number of rotatable bonds is 20. The molecule has 0 spiro atoms. The summed E-state index contributed by atoms with van der Waals surface area (Å²) in [6, 6.07) is 0.171. The number of amides is 3. The predicted molar refractivity (Wildman–Crippen MR) is 197 cm³/mol. The van der Waals surface area contributed by atoms with E-state index in [1.54, 1.807) is 0 Å². The van der Waals surface area contributed by atoms with Gasteiger partial charge in [-0.05, 0) is 26.7 Å². The Balaban J connectivity index is 1.10. The summed E-state index contributed by atoms with van der Waals surface area (Å²) < 4.78 is 60.5. The lowest BCUT2D eigenvalue weighted by molar-refractivity contribution is -0.121. The second-order valence-electron chi connectivity index (χ2n) is 13.0. The first-order valence-corrected chi connectivity index (χ1v) is 24.1. The molecule has 2 aromatic heterocycles. The van der Waals surface area contributed by atoms with Crippen LogP contribution in [0.15, 0.2) is 11.1 Å². The molecule has 0 aliphatic carbocycles. The van der Waals surface area contributed by atoms with Crippen molar-refractivity contribution >= 4 is 85.9 Å². The number of thioether (sulfide) groups is 1. The Kier molecular flexibility index (Phi) is 14.3. The van der Waals surface area contributed by atoms with Crippen LogP contribution in [-0.2, 0) is 41.1 Å². The van der Waals surface area contributed by atoms with Gasteiger partial charge in [0, 0.05) is 35.1 Å². The van der Waals surface area contributed by atoms with Crippen molar-refractivity contribution in [3.63, 3.8) is 0 Å². The lowest BCUT2D eigenvalue weighted by Crippen LogP contribution is -2.37. The summed E-state index contributed by atoms with van der Waals surface area (Å²) in [6.07, 6.45) is 1.31. The molecule has 5 unspecified atom stereocenters. The number of urea groups is 1. The maximum absolute atomic E-state index is 12.6. The fourth-order valence-electron chi connectivity index (χ4n) is 5.82. The van der Waals surface area contributed by atoms with Crippen molar-refractivity contribution in [2.45, 2.75) is 86.5 Å². The second kappa shape index (κ2) is 17.8. The number of hydrogen-bond acceptors (Lipinski definition) is 17. The van der Waals surface area contributed by atoms with Gasteiger partial charge in [0.2, 0.25) is 11.9 Å². The number of imidazole rings is 1. The van der Waals surface area contributed by atoms with E-state index in [0.717, 1.165) is 25.0 Å². The van der Waals surface area contributed by atoms with Crippen LogP contribution in [0.1, 0.15) is 52.2 Å². The average molecular weight is 883 g/mol. The second-order valence-corrected chi connectivity index (χ2v) is 21.6. The topological polar surface area (TPSA) is 338 Å². The molecule has 54 heavy (non-hydrogen) atoms. The first kappa shape index (κ1) is 43.4. The first-order chi connectivity index (χ1) is 25.2. The quantitative estimate of drug-likeness (QED) is 0.0300. The lowest BCUT2D eigenvalue weighted by atomic mass is 10.0. The number of aromatic nitrogens is 4. The molecule has 5 heterocycles. The summed E-state index contributed by atoms with van der Waals surface area (Å²) in [5, 5.41) is 9.19. The van der Waals surface area contributed by atoms with E-state index in [1.165, 1.54) is 32.5 Å². The number of aromatic amines is 1. The smallest absolute Gasteiger partial charge is 0.369 e. The highest BCUT2D eigenvalue weighted by atomic mass is 33.1. The molecule has 8 atom stereocenters. The van der Waals surface area contributed by atoms with Crippen molar-refractivity contribution in [3.05, 3.63) is 16.7 Å². The fraction of sp³-hybridized carbons (Fsp3) is 0.720. The van der Waals surface area contributed by atoms with Crippen LogP contribution in [-0.4, -0.2) is 110 Å². The molecule has 3 amide bonds. The molecule has 304 valence electrons. The van der Waals surface area contributed by atoms with Crippen molar-refractivity contribution in [2.24, 2.45) is 0 Å². The van der Waals surface area contributed by atoms with Gasteiger partial charge in [-0.15, -0.1) is 0 Å². The third kappa shape index (κ3) is 12.4. The molecule has 2 aromatic rings. The van der Waals surface area contributed by atoms with Crippen molar-refractivity contribution in [2.75, 3.05) is 30.6 Å². The highest BCUT2D eigenvalue weighted by Gasteiger charge is 2.44. The van der Waals surface area contributed by atoms with E-state index in [-0.39, 0.29) is 53.5 Å². The molecule has 29 heteroatoms. The number of hydrogen-bond donors (Lipinski definition) is 9. The Morgan fingerprint density at radius 1 is 1.17 bits per heavy atom. The Labute approximate surface area is 319 Å². The number of ether oxygens (including phenoxy) is 2. The Morgan fingerprint density at radius 2 is 1.93 bits per heavy atom. The molecule has 5 rings (SSSR count). The molecule has 3 saturated heterocycles. The number of unbranched alkanes of at least 4 members (excludes halogenated alkanes) is 1. The maximum atomic E-state index is 12.6. The molecule has 0 aromatic carbocycles. The summed E-state index contributed by atoms with van der Waals surface area (Å²) in [7, 11) is -14.1. The van der Waals surface area contributed by atoms with Gasteiger partial charge in [-0.1, -0.05) is 28.0 Å². The average Bonchev–Trinajstić information content (AvgIpc) is 3.81. The number of nitrogens with zero attached hydrogens (tertiary/aromatic N) is 3. The van der Waals surface area contributed by atoms with Crippen molar-refractivity contribution in [1.82, 2.24) is 35.5 Å². The molecule has 0 bridgehead atoms. The Bertz CT molecular complexity index is 1880. The number of carbonyl (C=O) groups excluding carboxylic acids is 2. The summed E-state index contributed by atoms with van der Waals surface area (Å²) in [4.78, 5) is 84.0. The zero-order valence-electron chi connectivity index (χ0n) is 28.7. The fourth-order valence-corrected chi connectivity index (χ4v) is 12.6. The summed E-state index contributed by atoms with van der Waals surface area (Å²) >= 11 is 1.84. The van der Waals surface area contributed by atoms with Crippen molar-refractivity contribution in [1.29, 1.82) is 0 Å². The van der Waals surface area contributed by atoms with Gasteiger partial charge in [0.05, 0.1) is 31.1 Å². The third-order valence-corrected chi connectivity index (χ3v) is 16.4. The minimum absolute atomic E-state index is 0.0393. The standard InChI is InChI=1S/C25H41N8O15P3S3/c1-25(2,10-27-17(34)6-4-3-5-16-19-13(9-52-16)29-24(36)30-19)54-53-12-44-14-7-18(33-11-28-20-21(33)31-23(26)32-22(20)35)46-15(14)8-45-50(40,41)48-51(42,43)47-49(37,38)39/h11,13-16,18-19H,3-10,12H2,1-2H3,(H,27,34)(H,40,41)(H,42,43)(H2,29,30,36)(H2,37,38,39)(H3,26,31,32,35)/t13?,14-,15-,16?,18-,19?/m1/s1.